The predicted octanol–water partition coefficient (Wildman–Crippen LogP) is 17.3. The van der Waals surface area contributed by atoms with Gasteiger partial charge in [-0.25, -0.2) is 0 Å². The molecule has 0 spiro atoms. The first-order valence-electron chi connectivity index (χ1n) is 28.4. The van der Waals surface area contributed by atoms with E-state index in [0.717, 1.165) is 190 Å². The smallest absolute Gasteiger partial charge is 0.0842 e. The van der Waals surface area contributed by atoms with Crippen molar-refractivity contribution >= 4 is 101 Å². The van der Waals surface area contributed by atoms with E-state index >= 15 is 0 Å². The van der Waals surface area contributed by atoms with Gasteiger partial charge in [-0.1, -0.05) is 24.3 Å². The van der Waals surface area contributed by atoms with Crippen LogP contribution in [0.25, 0.3) is 32.3 Å². The highest BCUT2D eigenvalue weighted by molar-refractivity contribution is 6.33. The Morgan fingerprint density at radius 2 is 0.405 bits per heavy atom. The highest BCUT2D eigenvalue weighted by Gasteiger charge is 2.34. The standard InChI is InChI=1S/C70H68N14/c1-37-23-71-24-38(2)63(37)81(64-39(3)25-72-26-40(64)4)57-21-58(82(65-41(5)27-73-28-42(65)6)66-43(7)29-74-30-44(66)8)54-18-20-56-60(84(68-47(11)33-76-34-48(68)12)70-50(14)36-78-80-52(70)16)22-59(55-19-17-53(57)61(54)62(55)56)83(67-45(9)31-75-32-46(67)10)69-49(13)35-77-79-51(69)15/h17-36H,1-16H3. The van der Waals surface area contributed by atoms with Crippen LogP contribution in [0.4, 0.5) is 68.2 Å². The zero-order valence-electron chi connectivity index (χ0n) is 50.8. The lowest BCUT2D eigenvalue weighted by molar-refractivity contribution is 0.954. The molecule has 418 valence electrons. The van der Waals surface area contributed by atoms with Gasteiger partial charge in [0.1, 0.15) is 0 Å². The fraction of sp³-hybridized carbons (Fsp3) is 0.229. The minimum absolute atomic E-state index is 0.786. The summed E-state index contributed by atoms with van der Waals surface area (Å²) < 4.78 is 0. The SMILES string of the molecule is Cc1cncc(C)c1N(c1c(C)cncc1C)c1cc(N(c2c(C)cncc2C)c2c(C)cncc2C)c2ccc3c(N(c4c(C)cncc4C)c4c(C)cnnc4C)cc(N(c4c(C)cncc4C)c4c(C)cnnc4C)c4ccc1c2c43. The molecule has 84 heavy (non-hydrogen) atoms. The molecule has 0 aliphatic rings. The van der Waals surface area contributed by atoms with Crippen molar-refractivity contribution in [3.05, 3.63) is 212 Å². The number of nitrogens with zero attached hydrogens (tertiary/aromatic N) is 14. The summed E-state index contributed by atoms with van der Waals surface area (Å²) in [6, 6.07) is 14.2. The van der Waals surface area contributed by atoms with Crippen molar-refractivity contribution in [3.63, 3.8) is 0 Å². The molecule has 0 saturated carbocycles. The van der Waals surface area contributed by atoms with Gasteiger partial charge in [-0.3, -0.25) is 29.9 Å². The molecule has 0 atom stereocenters. The molecule has 8 aromatic heterocycles. The van der Waals surface area contributed by atoms with E-state index in [0.29, 0.717) is 0 Å². The van der Waals surface area contributed by atoms with Crippen molar-refractivity contribution in [3.8, 4) is 0 Å². The molecular weight excluding hydrogens is 1040 g/mol. The van der Waals surface area contributed by atoms with Gasteiger partial charge in [0.05, 0.1) is 92.0 Å². The minimum Gasteiger partial charge on any atom is -0.309 e. The van der Waals surface area contributed by atoms with Gasteiger partial charge in [-0.15, -0.1) is 0 Å². The second-order valence-corrected chi connectivity index (χ2v) is 22.9. The summed E-state index contributed by atoms with van der Waals surface area (Å²) in [5, 5.41) is 24.9. The fourth-order valence-corrected chi connectivity index (χ4v) is 13.2. The predicted molar refractivity (Wildman–Crippen MR) is 343 cm³/mol. The van der Waals surface area contributed by atoms with Gasteiger partial charge in [0.2, 0.25) is 0 Å². The topological polar surface area (TPSA) is 142 Å². The Morgan fingerprint density at radius 1 is 0.226 bits per heavy atom. The molecule has 0 N–H and O–H groups in total. The number of anilines is 12. The quantitative estimate of drug-likeness (QED) is 0.107. The van der Waals surface area contributed by atoms with Gasteiger partial charge in [0, 0.05) is 107 Å². The van der Waals surface area contributed by atoms with Gasteiger partial charge in [-0.05, 0) is 201 Å². The van der Waals surface area contributed by atoms with Crippen LogP contribution in [-0.2, 0) is 0 Å². The Balaban J connectivity index is 1.39. The first kappa shape index (κ1) is 54.8. The van der Waals surface area contributed by atoms with Crippen LogP contribution in [0.2, 0.25) is 0 Å². The molecule has 0 bridgehead atoms. The van der Waals surface area contributed by atoms with E-state index in [-0.39, 0.29) is 0 Å². The lowest BCUT2D eigenvalue weighted by Gasteiger charge is -2.37. The Bertz CT molecular complexity index is 3680. The summed E-state index contributed by atoms with van der Waals surface area (Å²) >= 11 is 0. The molecule has 14 nitrogen and oxygen atoms in total. The molecule has 0 fully saturated rings. The molecule has 0 unspecified atom stereocenters. The molecule has 0 aliphatic heterocycles. The second kappa shape index (κ2) is 21.2. The number of benzene rings is 4. The Kier molecular flexibility index (Phi) is 13.8. The number of rotatable bonds is 12. The zero-order valence-corrected chi connectivity index (χ0v) is 50.8. The molecule has 8 heterocycles. The summed E-state index contributed by atoms with van der Waals surface area (Å²) in [5.41, 5.74) is 27.7. The molecule has 12 aromatic rings. The van der Waals surface area contributed by atoms with Crippen LogP contribution in [0.3, 0.4) is 0 Å². The summed E-state index contributed by atoms with van der Waals surface area (Å²) in [6.45, 7) is 34.2. The van der Waals surface area contributed by atoms with E-state index in [9.17, 15) is 0 Å². The van der Waals surface area contributed by atoms with Crippen LogP contribution in [0.5, 0.6) is 0 Å². The molecule has 0 aliphatic carbocycles. The normalized spacial score (nSPS) is 11.6. The van der Waals surface area contributed by atoms with Crippen molar-refractivity contribution < 1.29 is 0 Å². The maximum absolute atomic E-state index is 4.80. The average molecular weight is 1110 g/mol. The van der Waals surface area contributed by atoms with E-state index in [1.165, 1.54) is 0 Å². The van der Waals surface area contributed by atoms with Gasteiger partial charge >= 0.3 is 0 Å². The number of pyridine rings is 6. The van der Waals surface area contributed by atoms with E-state index in [1.807, 2.05) is 86.8 Å². The second-order valence-electron chi connectivity index (χ2n) is 22.9. The monoisotopic (exact) mass is 1100 g/mol. The first-order chi connectivity index (χ1) is 40.4. The fourth-order valence-electron chi connectivity index (χ4n) is 13.2. The minimum atomic E-state index is 0.786. The third-order valence-electron chi connectivity index (χ3n) is 16.6. The lowest BCUT2D eigenvalue weighted by Crippen LogP contribution is -2.21. The van der Waals surface area contributed by atoms with Crippen LogP contribution < -0.4 is 19.6 Å². The first-order valence-corrected chi connectivity index (χ1v) is 28.4. The molecule has 0 saturated heterocycles. The Hall–Kier alpha value is -9.82. The summed E-state index contributed by atoms with van der Waals surface area (Å²) in [4.78, 5) is 38.3. The molecule has 12 rings (SSSR count). The maximum Gasteiger partial charge on any atom is 0.0842 e. The van der Waals surface area contributed by atoms with Crippen molar-refractivity contribution in [2.75, 3.05) is 19.6 Å². The molecule has 0 radical (unpaired) electrons. The zero-order chi connectivity index (χ0) is 59.2. The highest BCUT2D eigenvalue weighted by atomic mass is 15.2. The third kappa shape index (κ3) is 8.77. The number of hydrogen-bond donors (Lipinski definition) is 0. The van der Waals surface area contributed by atoms with Crippen LogP contribution in [-0.4, -0.2) is 50.3 Å². The van der Waals surface area contributed by atoms with E-state index in [1.54, 1.807) is 0 Å². The molecular formula is C70H68N14. The van der Waals surface area contributed by atoms with Gasteiger partial charge in [-0.2, -0.15) is 20.4 Å². The van der Waals surface area contributed by atoms with Gasteiger partial charge in [0.25, 0.3) is 0 Å². The number of aromatic nitrogens is 10. The van der Waals surface area contributed by atoms with Crippen molar-refractivity contribution in [2.24, 2.45) is 0 Å². The van der Waals surface area contributed by atoms with Crippen LogP contribution >= 0.6 is 0 Å². The third-order valence-corrected chi connectivity index (χ3v) is 16.6. The molecule has 14 heteroatoms. The molecule has 0 amide bonds. The highest BCUT2D eigenvalue weighted by Crippen LogP contribution is 2.57. The average Bonchev–Trinajstić information content (AvgIpc) is 1.34. The maximum atomic E-state index is 4.80. The van der Waals surface area contributed by atoms with Crippen molar-refractivity contribution in [1.29, 1.82) is 0 Å². The van der Waals surface area contributed by atoms with E-state index < -0.39 is 0 Å². The molecule has 4 aromatic carbocycles. The van der Waals surface area contributed by atoms with Gasteiger partial charge in [0.15, 0.2) is 0 Å². The number of aryl methyl sites for hydroxylation is 16. The van der Waals surface area contributed by atoms with Crippen LogP contribution in [0.1, 0.15) is 89.3 Å². The van der Waals surface area contributed by atoms with E-state index in [4.69, 9.17) is 40.1 Å². The van der Waals surface area contributed by atoms with Gasteiger partial charge < -0.3 is 19.6 Å². The van der Waals surface area contributed by atoms with E-state index in [2.05, 4.69) is 177 Å². The lowest BCUT2D eigenvalue weighted by atomic mass is 9.88. The summed E-state index contributed by atoms with van der Waals surface area (Å²) in [6.07, 6.45) is 27.3. The Labute approximate surface area is 491 Å². The largest absolute Gasteiger partial charge is 0.309 e. The summed E-state index contributed by atoms with van der Waals surface area (Å²) in [5.74, 6) is 0. The number of hydrogen-bond acceptors (Lipinski definition) is 14. The summed E-state index contributed by atoms with van der Waals surface area (Å²) in [7, 11) is 0. The van der Waals surface area contributed by atoms with Crippen LogP contribution in [0, 0.1) is 111 Å². The van der Waals surface area contributed by atoms with Crippen molar-refractivity contribution in [1.82, 2.24) is 50.3 Å². The Morgan fingerprint density at radius 3 is 0.595 bits per heavy atom. The van der Waals surface area contributed by atoms with Crippen LogP contribution in [0.15, 0.2) is 123 Å². The van der Waals surface area contributed by atoms with Crippen molar-refractivity contribution in [2.45, 2.75) is 111 Å².